The summed E-state index contributed by atoms with van der Waals surface area (Å²) in [6, 6.07) is 16.8. The van der Waals surface area contributed by atoms with E-state index in [-0.39, 0.29) is 0 Å². The van der Waals surface area contributed by atoms with E-state index in [4.69, 9.17) is 0 Å². The highest BCUT2D eigenvalue weighted by atomic mass is 32.2. The lowest BCUT2D eigenvalue weighted by Gasteiger charge is -2.14. The molecule has 0 unspecified atom stereocenters. The zero-order valence-electron chi connectivity index (χ0n) is 15.9. The Kier molecular flexibility index (Phi) is 6.31. The summed E-state index contributed by atoms with van der Waals surface area (Å²) in [5, 5.41) is 2.93. The van der Waals surface area contributed by atoms with E-state index in [0.29, 0.717) is 17.7 Å². The molecule has 32 heavy (non-hydrogen) atoms. The van der Waals surface area contributed by atoms with Crippen LogP contribution in [0, 0.1) is 0 Å². The molecule has 0 fully saturated rings. The second-order valence-electron chi connectivity index (χ2n) is 6.49. The van der Waals surface area contributed by atoms with Crippen LogP contribution in [-0.2, 0) is 16.2 Å². The lowest BCUT2D eigenvalue weighted by atomic mass is 10.0. The molecular weight excluding hydrogens is 458 g/mol. The van der Waals surface area contributed by atoms with Crippen molar-refractivity contribution in [2.45, 2.75) is 17.2 Å². The maximum atomic E-state index is 13.5. The van der Waals surface area contributed by atoms with Crippen molar-refractivity contribution in [2.75, 3.05) is 0 Å². The van der Waals surface area contributed by atoms with Gasteiger partial charge in [0.1, 0.15) is 4.90 Å². The number of hydrogen-bond donors (Lipinski definition) is 1. The summed E-state index contributed by atoms with van der Waals surface area (Å²) in [4.78, 5) is 0.0407. The van der Waals surface area contributed by atoms with Crippen molar-refractivity contribution in [1.29, 1.82) is 0 Å². The van der Waals surface area contributed by atoms with Crippen molar-refractivity contribution in [3.05, 3.63) is 90.0 Å². The Hall–Kier alpha value is -3.34. The van der Waals surface area contributed by atoms with Gasteiger partial charge in [-0.2, -0.15) is 44.7 Å². The van der Waals surface area contributed by atoms with Crippen molar-refractivity contribution in [2.24, 2.45) is 5.10 Å². The first-order valence-corrected chi connectivity index (χ1v) is 10.4. The molecule has 3 rings (SSSR count). The van der Waals surface area contributed by atoms with Crippen molar-refractivity contribution in [3.8, 4) is 11.1 Å². The highest BCUT2D eigenvalue weighted by Crippen LogP contribution is 2.34. The highest BCUT2D eigenvalue weighted by Gasteiger charge is 2.39. The van der Waals surface area contributed by atoms with Gasteiger partial charge in [-0.3, -0.25) is 0 Å². The molecule has 0 spiro atoms. The molecule has 0 atom stereocenters. The third-order valence-electron chi connectivity index (χ3n) is 4.29. The minimum atomic E-state index is -5.08. The van der Waals surface area contributed by atoms with Crippen LogP contribution in [0.2, 0.25) is 0 Å². The molecule has 3 aromatic carbocycles. The van der Waals surface area contributed by atoms with Gasteiger partial charge >= 0.3 is 12.4 Å². The molecule has 1 N–H and O–H groups in total. The second-order valence-corrected chi connectivity index (χ2v) is 8.12. The average Bonchev–Trinajstić information content (AvgIpc) is 2.73. The fourth-order valence-corrected chi connectivity index (χ4v) is 3.87. The quantitative estimate of drug-likeness (QED) is 0.298. The standard InChI is InChI=1S/C21H14F6N2O2S/c22-20(23,24)17-8-4-5-9-18(17)32(30,31)29-28-19(21(25,26)27)16-12-10-15(11-13-16)14-6-2-1-3-7-14/h1-13,29H/b28-19-. The molecule has 0 bridgehead atoms. The summed E-state index contributed by atoms with van der Waals surface area (Å²) in [7, 11) is -5.05. The topological polar surface area (TPSA) is 58.5 Å². The second kappa shape index (κ2) is 8.65. The molecule has 0 saturated heterocycles. The van der Waals surface area contributed by atoms with Gasteiger partial charge in [0.15, 0.2) is 5.71 Å². The van der Waals surface area contributed by atoms with E-state index in [1.54, 1.807) is 30.3 Å². The molecule has 0 radical (unpaired) electrons. The predicted octanol–water partition coefficient (Wildman–Crippen LogP) is 5.62. The summed E-state index contributed by atoms with van der Waals surface area (Å²) in [5.41, 5.74) is -2.25. The SMILES string of the molecule is O=S(=O)(N/N=C(/c1ccc(-c2ccccc2)cc1)C(F)(F)F)c1ccccc1C(F)(F)F. The monoisotopic (exact) mass is 472 g/mol. The first-order valence-electron chi connectivity index (χ1n) is 8.88. The van der Waals surface area contributed by atoms with Gasteiger partial charge in [-0.25, -0.2) is 0 Å². The van der Waals surface area contributed by atoms with Gasteiger partial charge in [-0.05, 0) is 23.3 Å². The molecular formula is C21H14F6N2O2S. The van der Waals surface area contributed by atoms with Crippen molar-refractivity contribution < 1.29 is 34.8 Å². The van der Waals surface area contributed by atoms with Crippen LogP contribution in [0.15, 0.2) is 88.9 Å². The largest absolute Gasteiger partial charge is 0.435 e. The number of hydrazone groups is 1. The lowest BCUT2D eigenvalue weighted by molar-refractivity contribution is -0.139. The summed E-state index contributed by atoms with van der Waals surface area (Å²) in [5.74, 6) is 0. The zero-order chi connectivity index (χ0) is 23.6. The van der Waals surface area contributed by atoms with Crippen molar-refractivity contribution in [3.63, 3.8) is 0 Å². The van der Waals surface area contributed by atoms with E-state index in [0.717, 1.165) is 29.8 Å². The van der Waals surface area contributed by atoms with E-state index >= 15 is 0 Å². The molecule has 0 saturated carbocycles. The molecule has 4 nitrogen and oxygen atoms in total. The number of nitrogens with zero attached hydrogens (tertiary/aromatic N) is 1. The van der Waals surface area contributed by atoms with E-state index in [1.165, 1.54) is 17.0 Å². The van der Waals surface area contributed by atoms with Gasteiger partial charge < -0.3 is 0 Å². The van der Waals surface area contributed by atoms with E-state index in [9.17, 15) is 34.8 Å². The number of benzene rings is 3. The van der Waals surface area contributed by atoms with Gasteiger partial charge in [0.05, 0.1) is 5.56 Å². The number of hydrogen-bond acceptors (Lipinski definition) is 3. The molecule has 168 valence electrons. The fourth-order valence-electron chi connectivity index (χ4n) is 2.83. The smallest absolute Gasteiger partial charge is 0.200 e. The summed E-state index contributed by atoms with van der Waals surface area (Å²) >= 11 is 0. The molecule has 3 aromatic rings. The van der Waals surface area contributed by atoms with E-state index < -0.39 is 44.1 Å². The van der Waals surface area contributed by atoms with Crippen LogP contribution in [0.3, 0.4) is 0 Å². The van der Waals surface area contributed by atoms with Gasteiger partial charge in [0, 0.05) is 5.56 Å². The van der Waals surface area contributed by atoms with Crippen LogP contribution in [0.1, 0.15) is 11.1 Å². The number of halogens is 6. The Labute approximate surface area is 179 Å². The van der Waals surface area contributed by atoms with Gasteiger partial charge in [-0.1, -0.05) is 66.7 Å². The Morgan fingerprint density at radius 3 is 1.81 bits per heavy atom. The van der Waals surface area contributed by atoms with Crippen LogP contribution in [-0.4, -0.2) is 20.3 Å². The zero-order valence-corrected chi connectivity index (χ0v) is 16.8. The van der Waals surface area contributed by atoms with Crippen molar-refractivity contribution in [1.82, 2.24) is 4.83 Å². The molecule has 11 heteroatoms. The highest BCUT2D eigenvalue weighted by molar-refractivity contribution is 7.89. The molecule has 0 aliphatic heterocycles. The molecule has 0 heterocycles. The number of sulfonamides is 1. The first-order chi connectivity index (χ1) is 14.9. The van der Waals surface area contributed by atoms with E-state index in [1.807, 2.05) is 0 Å². The van der Waals surface area contributed by atoms with Gasteiger partial charge in [-0.15, -0.1) is 0 Å². The average molecular weight is 472 g/mol. The van der Waals surface area contributed by atoms with Crippen molar-refractivity contribution >= 4 is 15.7 Å². The first kappa shape index (κ1) is 23.3. The normalized spacial score (nSPS) is 13.1. The third kappa shape index (κ3) is 5.28. The van der Waals surface area contributed by atoms with Crippen LogP contribution in [0.5, 0.6) is 0 Å². The Morgan fingerprint density at radius 2 is 1.25 bits per heavy atom. The minimum Gasteiger partial charge on any atom is -0.200 e. The van der Waals surface area contributed by atoms with Gasteiger partial charge in [0.25, 0.3) is 10.0 Å². The number of nitrogens with one attached hydrogen (secondary N) is 1. The number of rotatable bonds is 5. The van der Waals surface area contributed by atoms with Crippen LogP contribution >= 0.6 is 0 Å². The Balaban J connectivity index is 1.97. The predicted molar refractivity (Wildman–Crippen MR) is 106 cm³/mol. The Morgan fingerprint density at radius 1 is 0.719 bits per heavy atom. The summed E-state index contributed by atoms with van der Waals surface area (Å²) in [6.45, 7) is 0. The Bertz CT molecular complexity index is 1220. The lowest BCUT2D eigenvalue weighted by Crippen LogP contribution is -2.30. The third-order valence-corrected chi connectivity index (χ3v) is 5.56. The van der Waals surface area contributed by atoms with E-state index in [2.05, 4.69) is 5.10 Å². The van der Waals surface area contributed by atoms with Gasteiger partial charge in [0.2, 0.25) is 0 Å². The maximum absolute atomic E-state index is 13.5. The van der Waals surface area contributed by atoms with Crippen LogP contribution < -0.4 is 4.83 Å². The van der Waals surface area contributed by atoms with Crippen LogP contribution in [0.25, 0.3) is 11.1 Å². The van der Waals surface area contributed by atoms with Crippen LogP contribution in [0.4, 0.5) is 26.3 Å². The summed E-state index contributed by atoms with van der Waals surface area (Å²) < 4.78 is 105. The molecule has 0 amide bonds. The molecule has 0 aliphatic carbocycles. The summed E-state index contributed by atoms with van der Waals surface area (Å²) in [6.07, 6.45) is -10.1. The minimum absolute atomic E-state index is 0.469. The maximum Gasteiger partial charge on any atom is 0.435 e. The molecule has 0 aromatic heterocycles. The number of alkyl halides is 6. The molecule has 0 aliphatic rings. The fraction of sp³-hybridized carbons (Fsp3) is 0.0952.